The second-order valence-corrected chi connectivity index (χ2v) is 1.70. The van der Waals surface area contributed by atoms with Crippen molar-refractivity contribution < 1.29 is 4.79 Å². The van der Waals surface area contributed by atoms with E-state index in [0.29, 0.717) is 5.57 Å². The van der Waals surface area contributed by atoms with E-state index < -0.39 is 5.91 Å². The summed E-state index contributed by atoms with van der Waals surface area (Å²) in [5.74, 6) is -0.459. The summed E-state index contributed by atoms with van der Waals surface area (Å²) in [5, 5.41) is 0. The van der Waals surface area contributed by atoms with Crippen LogP contribution in [0.15, 0.2) is 24.3 Å². The van der Waals surface area contributed by atoms with Crippen molar-refractivity contribution in [1.29, 1.82) is 0 Å². The molecule has 0 aromatic rings. The SMILES string of the molecule is C=C(C=CCC)C(N)=O. The van der Waals surface area contributed by atoms with Crippen LogP contribution in [0.2, 0.25) is 0 Å². The number of carbonyl (C=O) groups is 1. The topological polar surface area (TPSA) is 43.1 Å². The van der Waals surface area contributed by atoms with Crippen LogP contribution in [0.1, 0.15) is 13.3 Å². The van der Waals surface area contributed by atoms with Gasteiger partial charge in [0.1, 0.15) is 0 Å². The third-order valence-electron chi connectivity index (χ3n) is 0.871. The molecule has 2 nitrogen and oxygen atoms in total. The smallest absolute Gasteiger partial charge is 0.248 e. The summed E-state index contributed by atoms with van der Waals surface area (Å²) in [4.78, 5) is 10.3. The molecule has 0 fully saturated rings. The van der Waals surface area contributed by atoms with E-state index in [9.17, 15) is 4.79 Å². The average molecular weight is 125 g/mol. The first-order valence-corrected chi connectivity index (χ1v) is 2.83. The highest BCUT2D eigenvalue weighted by molar-refractivity contribution is 5.93. The number of hydrogen-bond acceptors (Lipinski definition) is 1. The lowest BCUT2D eigenvalue weighted by Crippen LogP contribution is -2.11. The van der Waals surface area contributed by atoms with Crippen LogP contribution in [-0.2, 0) is 4.79 Å². The quantitative estimate of drug-likeness (QED) is 0.443. The Hall–Kier alpha value is -1.05. The number of allylic oxidation sites excluding steroid dienone is 1. The predicted octanol–water partition coefficient (Wildman–Crippen LogP) is 0.994. The Morgan fingerprint density at radius 3 is 2.67 bits per heavy atom. The van der Waals surface area contributed by atoms with Crippen LogP contribution >= 0.6 is 0 Å². The number of rotatable bonds is 3. The maximum atomic E-state index is 10.3. The first-order valence-electron chi connectivity index (χ1n) is 2.83. The van der Waals surface area contributed by atoms with E-state index in [2.05, 4.69) is 6.58 Å². The molecule has 0 saturated carbocycles. The van der Waals surface area contributed by atoms with Crippen molar-refractivity contribution in [2.45, 2.75) is 13.3 Å². The highest BCUT2D eigenvalue weighted by atomic mass is 16.1. The van der Waals surface area contributed by atoms with Gasteiger partial charge in [0.15, 0.2) is 0 Å². The zero-order valence-electron chi connectivity index (χ0n) is 5.55. The van der Waals surface area contributed by atoms with Crippen LogP contribution in [0.25, 0.3) is 0 Å². The molecule has 0 atom stereocenters. The number of carbonyl (C=O) groups excluding carboxylic acids is 1. The highest BCUT2D eigenvalue weighted by Gasteiger charge is 1.92. The molecule has 0 unspecified atom stereocenters. The van der Waals surface area contributed by atoms with Crippen LogP contribution in [0, 0.1) is 0 Å². The second-order valence-electron chi connectivity index (χ2n) is 1.70. The first kappa shape index (κ1) is 7.95. The van der Waals surface area contributed by atoms with Gasteiger partial charge in [0.2, 0.25) is 5.91 Å². The van der Waals surface area contributed by atoms with Crippen molar-refractivity contribution in [3.8, 4) is 0 Å². The molecule has 2 N–H and O–H groups in total. The fraction of sp³-hybridized carbons (Fsp3) is 0.286. The van der Waals surface area contributed by atoms with Gasteiger partial charge in [0, 0.05) is 5.57 Å². The summed E-state index contributed by atoms with van der Waals surface area (Å²) in [7, 11) is 0. The van der Waals surface area contributed by atoms with E-state index in [-0.39, 0.29) is 0 Å². The minimum absolute atomic E-state index is 0.358. The normalized spacial score (nSPS) is 9.89. The lowest BCUT2D eigenvalue weighted by Gasteiger charge is -1.87. The fourth-order valence-corrected chi connectivity index (χ4v) is 0.342. The molecule has 0 bridgehead atoms. The molecule has 0 saturated heterocycles. The molecule has 0 aliphatic heterocycles. The molecule has 0 aromatic heterocycles. The summed E-state index contributed by atoms with van der Waals surface area (Å²) in [6.45, 7) is 5.41. The number of hydrogen-bond donors (Lipinski definition) is 1. The molecule has 2 heteroatoms. The van der Waals surface area contributed by atoms with Crippen LogP contribution < -0.4 is 5.73 Å². The van der Waals surface area contributed by atoms with Gasteiger partial charge in [-0.3, -0.25) is 4.79 Å². The van der Waals surface area contributed by atoms with Gasteiger partial charge in [-0.2, -0.15) is 0 Å². The van der Waals surface area contributed by atoms with Crippen LogP contribution in [-0.4, -0.2) is 5.91 Å². The third-order valence-corrected chi connectivity index (χ3v) is 0.871. The molecule has 0 aliphatic rings. The van der Waals surface area contributed by atoms with Crippen molar-refractivity contribution in [3.05, 3.63) is 24.3 Å². The van der Waals surface area contributed by atoms with Gasteiger partial charge in [-0.05, 0) is 6.42 Å². The van der Waals surface area contributed by atoms with Crippen molar-refractivity contribution in [2.24, 2.45) is 5.73 Å². The molecular weight excluding hydrogens is 114 g/mol. The van der Waals surface area contributed by atoms with E-state index in [4.69, 9.17) is 5.73 Å². The van der Waals surface area contributed by atoms with Crippen molar-refractivity contribution in [3.63, 3.8) is 0 Å². The maximum Gasteiger partial charge on any atom is 0.248 e. The minimum atomic E-state index is -0.459. The van der Waals surface area contributed by atoms with Gasteiger partial charge in [-0.1, -0.05) is 25.7 Å². The number of primary amides is 1. The Bertz CT molecular complexity index is 147. The van der Waals surface area contributed by atoms with Crippen molar-refractivity contribution in [1.82, 2.24) is 0 Å². The van der Waals surface area contributed by atoms with E-state index >= 15 is 0 Å². The van der Waals surface area contributed by atoms with Gasteiger partial charge in [-0.25, -0.2) is 0 Å². The maximum absolute atomic E-state index is 10.3. The Balaban J connectivity index is 3.77. The first-order chi connectivity index (χ1) is 4.18. The van der Waals surface area contributed by atoms with Crippen molar-refractivity contribution >= 4 is 5.91 Å². The fourth-order valence-electron chi connectivity index (χ4n) is 0.342. The molecule has 0 heterocycles. The number of nitrogens with two attached hydrogens (primary N) is 1. The van der Waals surface area contributed by atoms with Gasteiger partial charge in [-0.15, -0.1) is 0 Å². The molecule has 0 spiro atoms. The van der Waals surface area contributed by atoms with Gasteiger partial charge < -0.3 is 5.73 Å². The lowest BCUT2D eigenvalue weighted by atomic mass is 10.2. The molecule has 0 radical (unpaired) electrons. The van der Waals surface area contributed by atoms with E-state index in [1.807, 2.05) is 13.0 Å². The Labute approximate surface area is 55.1 Å². The van der Waals surface area contributed by atoms with Gasteiger partial charge >= 0.3 is 0 Å². The minimum Gasteiger partial charge on any atom is -0.366 e. The molecule has 1 amide bonds. The third kappa shape index (κ3) is 3.53. The lowest BCUT2D eigenvalue weighted by molar-refractivity contribution is -0.114. The monoisotopic (exact) mass is 125 g/mol. The van der Waals surface area contributed by atoms with E-state index in [1.165, 1.54) is 0 Å². The highest BCUT2D eigenvalue weighted by Crippen LogP contribution is 1.91. The zero-order chi connectivity index (χ0) is 7.28. The molecular formula is C7H11NO. The molecule has 0 aromatic carbocycles. The summed E-state index contributed by atoms with van der Waals surface area (Å²) >= 11 is 0. The largest absolute Gasteiger partial charge is 0.366 e. The summed E-state index contributed by atoms with van der Waals surface area (Å²) < 4.78 is 0. The van der Waals surface area contributed by atoms with Crippen molar-refractivity contribution in [2.75, 3.05) is 0 Å². The predicted molar refractivity (Wildman–Crippen MR) is 37.8 cm³/mol. The molecule has 0 aliphatic carbocycles. The van der Waals surface area contributed by atoms with Crippen LogP contribution in [0.5, 0.6) is 0 Å². The molecule has 0 rings (SSSR count). The second kappa shape index (κ2) is 3.89. The Kier molecular flexibility index (Phi) is 3.44. The standard InChI is InChI=1S/C7H11NO/c1-3-4-5-6(2)7(8)9/h4-5H,2-3H2,1H3,(H2,8,9). The molecule has 50 valence electrons. The Morgan fingerprint density at radius 2 is 2.33 bits per heavy atom. The number of amides is 1. The summed E-state index contributed by atoms with van der Waals surface area (Å²) in [5.41, 5.74) is 5.25. The van der Waals surface area contributed by atoms with Crippen LogP contribution in [0.3, 0.4) is 0 Å². The Morgan fingerprint density at radius 1 is 1.78 bits per heavy atom. The average Bonchev–Trinajstić information content (AvgIpc) is 1.82. The zero-order valence-corrected chi connectivity index (χ0v) is 5.55. The van der Waals surface area contributed by atoms with Gasteiger partial charge in [0.05, 0.1) is 0 Å². The van der Waals surface area contributed by atoms with Gasteiger partial charge in [0.25, 0.3) is 0 Å². The molecule has 9 heavy (non-hydrogen) atoms. The van der Waals surface area contributed by atoms with E-state index in [1.54, 1.807) is 6.08 Å². The summed E-state index contributed by atoms with van der Waals surface area (Å²) in [6, 6.07) is 0. The van der Waals surface area contributed by atoms with E-state index in [0.717, 1.165) is 6.42 Å². The summed E-state index contributed by atoms with van der Waals surface area (Å²) in [6.07, 6.45) is 4.36. The van der Waals surface area contributed by atoms with Crippen LogP contribution in [0.4, 0.5) is 0 Å².